The van der Waals surface area contributed by atoms with Crippen LogP contribution in [0.25, 0.3) is 0 Å². The molecule has 0 saturated heterocycles. The van der Waals surface area contributed by atoms with Gasteiger partial charge in [0.2, 0.25) is 0 Å². The lowest BCUT2D eigenvalue weighted by molar-refractivity contribution is 0.242. The van der Waals surface area contributed by atoms with Crippen LogP contribution in [0.2, 0.25) is 10.0 Å². The Bertz CT molecular complexity index is 342. The molecule has 0 amide bonds. The first-order chi connectivity index (χ1) is 7.69. The maximum Gasteiger partial charge on any atom is 0.143 e. The van der Waals surface area contributed by atoms with Crippen LogP contribution in [0.15, 0.2) is 12.1 Å². The van der Waals surface area contributed by atoms with Crippen LogP contribution in [0.5, 0.6) is 5.75 Å². The maximum atomic E-state index is 9.13. The zero-order valence-corrected chi connectivity index (χ0v) is 10.3. The quantitative estimate of drug-likeness (QED) is 0.777. The van der Waals surface area contributed by atoms with Gasteiger partial charge in [0.1, 0.15) is 5.75 Å². The van der Waals surface area contributed by atoms with Crippen molar-refractivity contribution in [2.75, 3.05) is 13.2 Å². The fourth-order valence-corrected chi connectivity index (χ4v) is 1.87. The molecule has 0 aliphatic carbocycles. The van der Waals surface area contributed by atoms with E-state index in [9.17, 15) is 0 Å². The highest BCUT2D eigenvalue weighted by molar-refractivity contribution is 6.35. The highest BCUT2D eigenvalue weighted by atomic mass is 35.5. The van der Waals surface area contributed by atoms with Crippen LogP contribution >= 0.6 is 23.2 Å². The number of unbranched alkanes of at least 4 members (excludes halogenated alkanes) is 1. The van der Waals surface area contributed by atoms with E-state index in [0.717, 1.165) is 6.42 Å². The van der Waals surface area contributed by atoms with E-state index < -0.39 is 0 Å². The average Bonchev–Trinajstić information content (AvgIpc) is 2.26. The van der Waals surface area contributed by atoms with Crippen LogP contribution in [0, 0.1) is 0 Å². The van der Waals surface area contributed by atoms with E-state index >= 15 is 0 Å². The highest BCUT2D eigenvalue weighted by Crippen LogP contribution is 2.32. The molecule has 0 radical (unpaired) electrons. The number of rotatable bonds is 6. The van der Waals surface area contributed by atoms with Crippen molar-refractivity contribution < 1.29 is 14.9 Å². The standard InChI is InChI=1S/C11H14Cl2O3/c12-9-5-8(7-15)11(10(13)6-9)16-4-2-1-3-14/h5-6,14-15H,1-4,7H2. The van der Waals surface area contributed by atoms with Crippen molar-refractivity contribution in [3.05, 3.63) is 27.7 Å². The van der Waals surface area contributed by atoms with Crippen LogP contribution in [-0.4, -0.2) is 23.4 Å². The van der Waals surface area contributed by atoms with Gasteiger partial charge in [-0.05, 0) is 25.0 Å². The molecule has 0 aromatic heterocycles. The first-order valence-corrected chi connectivity index (χ1v) is 5.77. The van der Waals surface area contributed by atoms with Gasteiger partial charge in [-0.3, -0.25) is 0 Å². The smallest absolute Gasteiger partial charge is 0.143 e. The van der Waals surface area contributed by atoms with Gasteiger partial charge in [0, 0.05) is 17.2 Å². The van der Waals surface area contributed by atoms with Gasteiger partial charge in [-0.1, -0.05) is 23.2 Å². The minimum atomic E-state index is -0.171. The summed E-state index contributed by atoms with van der Waals surface area (Å²) in [6.07, 6.45) is 1.42. The molecule has 0 spiro atoms. The van der Waals surface area contributed by atoms with Crippen LogP contribution in [0.3, 0.4) is 0 Å². The lowest BCUT2D eigenvalue weighted by Crippen LogP contribution is -2.02. The monoisotopic (exact) mass is 264 g/mol. The Morgan fingerprint density at radius 2 is 1.88 bits per heavy atom. The molecular weight excluding hydrogens is 251 g/mol. The van der Waals surface area contributed by atoms with Gasteiger partial charge in [0.05, 0.1) is 18.2 Å². The fraction of sp³-hybridized carbons (Fsp3) is 0.455. The van der Waals surface area contributed by atoms with Crippen LogP contribution in [0.4, 0.5) is 0 Å². The molecule has 1 aromatic carbocycles. The Kier molecular flexibility index (Phi) is 5.91. The minimum absolute atomic E-state index is 0.143. The summed E-state index contributed by atoms with van der Waals surface area (Å²) in [5, 5.41) is 18.6. The first-order valence-electron chi connectivity index (χ1n) is 5.01. The molecular formula is C11H14Cl2O3. The molecule has 2 N–H and O–H groups in total. The summed E-state index contributed by atoms with van der Waals surface area (Å²) < 4.78 is 5.45. The molecule has 0 unspecified atom stereocenters. The number of ether oxygens (including phenoxy) is 1. The van der Waals surface area contributed by atoms with Crippen molar-refractivity contribution in [1.82, 2.24) is 0 Å². The molecule has 0 atom stereocenters. The lowest BCUT2D eigenvalue weighted by atomic mass is 10.2. The van der Waals surface area contributed by atoms with Crippen LogP contribution in [-0.2, 0) is 6.61 Å². The second-order valence-corrected chi connectivity index (χ2v) is 4.16. The number of hydrogen-bond donors (Lipinski definition) is 2. The molecule has 16 heavy (non-hydrogen) atoms. The van der Waals surface area contributed by atoms with E-state index in [1.165, 1.54) is 0 Å². The predicted molar refractivity (Wildman–Crippen MR) is 64.2 cm³/mol. The molecule has 3 nitrogen and oxygen atoms in total. The third kappa shape index (κ3) is 3.83. The number of benzene rings is 1. The summed E-state index contributed by atoms with van der Waals surface area (Å²) >= 11 is 11.8. The number of aliphatic hydroxyl groups excluding tert-OH is 2. The van der Waals surface area contributed by atoms with Gasteiger partial charge >= 0.3 is 0 Å². The molecule has 0 aliphatic heterocycles. The molecule has 90 valence electrons. The predicted octanol–water partition coefficient (Wildman–Crippen LogP) is 2.64. The minimum Gasteiger partial charge on any atom is -0.492 e. The SMILES string of the molecule is OCCCCOc1c(Cl)cc(Cl)cc1CO. The Labute approximate surface area is 105 Å². The summed E-state index contributed by atoms with van der Waals surface area (Å²) in [4.78, 5) is 0. The van der Waals surface area contributed by atoms with Crippen LogP contribution in [0.1, 0.15) is 18.4 Å². The Hall–Kier alpha value is -0.480. The highest BCUT2D eigenvalue weighted by Gasteiger charge is 2.09. The maximum absolute atomic E-state index is 9.13. The van der Waals surface area contributed by atoms with Gasteiger partial charge in [-0.2, -0.15) is 0 Å². The fourth-order valence-electron chi connectivity index (χ4n) is 1.28. The second-order valence-electron chi connectivity index (χ2n) is 3.31. The average molecular weight is 265 g/mol. The van der Waals surface area contributed by atoms with Crippen molar-refractivity contribution in [1.29, 1.82) is 0 Å². The van der Waals surface area contributed by atoms with Crippen molar-refractivity contribution in [3.8, 4) is 5.75 Å². The van der Waals surface area contributed by atoms with Crippen molar-refractivity contribution in [3.63, 3.8) is 0 Å². The van der Waals surface area contributed by atoms with Gasteiger partial charge in [-0.25, -0.2) is 0 Å². The van der Waals surface area contributed by atoms with Gasteiger partial charge in [-0.15, -0.1) is 0 Å². The number of aliphatic hydroxyl groups is 2. The first kappa shape index (κ1) is 13.6. The molecule has 0 bridgehead atoms. The molecule has 0 aliphatic rings. The van der Waals surface area contributed by atoms with Crippen molar-refractivity contribution >= 4 is 23.2 Å². The molecule has 1 aromatic rings. The summed E-state index contributed by atoms with van der Waals surface area (Å²) in [6, 6.07) is 3.19. The van der Waals surface area contributed by atoms with E-state index in [4.69, 9.17) is 38.2 Å². The topological polar surface area (TPSA) is 49.7 Å². The van der Waals surface area contributed by atoms with Gasteiger partial charge in [0.15, 0.2) is 0 Å². The van der Waals surface area contributed by atoms with Gasteiger partial charge < -0.3 is 14.9 Å². The lowest BCUT2D eigenvalue weighted by Gasteiger charge is -2.12. The molecule has 0 fully saturated rings. The number of halogens is 2. The number of hydrogen-bond acceptors (Lipinski definition) is 3. The zero-order valence-electron chi connectivity index (χ0n) is 8.75. The van der Waals surface area contributed by atoms with Gasteiger partial charge in [0.25, 0.3) is 0 Å². The van der Waals surface area contributed by atoms with E-state index in [1.807, 2.05) is 0 Å². The normalized spacial score (nSPS) is 10.5. The summed E-state index contributed by atoms with van der Waals surface area (Å²) in [7, 11) is 0. The zero-order chi connectivity index (χ0) is 12.0. The molecule has 1 rings (SSSR count). The Morgan fingerprint density at radius 3 is 2.50 bits per heavy atom. The van der Waals surface area contributed by atoms with E-state index in [0.29, 0.717) is 34.4 Å². The second kappa shape index (κ2) is 6.97. The Balaban J connectivity index is 2.70. The summed E-state index contributed by atoms with van der Waals surface area (Å²) in [5.41, 5.74) is 0.571. The largest absolute Gasteiger partial charge is 0.492 e. The molecule has 5 heteroatoms. The van der Waals surface area contributed by atoms with Crippen LogP contribution < -0.4 is 4.74 Å². The summed E-state index contributed by atoms with van der Waals surface area (Å²) in [5.74, 6) is 0.464. The van der Waals surface area contributed by atoms with E-state index in [1.54, 1.807) is 12.1 Å². The third-order valence-corrected chi connectivity index (χ3v) is 2.55. The van der Waals surface area contributed by atoms with Crippen molar-refractivity contribution in [2.24, 2.45) is 0 Å². The summed E-state index contributed by atoms with van der Waals surface area (Å²) in [6.45, 7) is 0.426. The third-order valence-electron chi connectivity index (χ3n) is 2.05. The molecule has 0 saturated carbocycles. The molecule has 0 heterocycles. The van der Waals surface area contributed by atoms with E-state index in [-0.39, 0.29) is 13.2 Å². The van der Waals surface area contributed by atoms with E-state index in [2.05, 4.69) is 0 Å². The van der Waals surface area contributed by atoms with Crippen molar-refractivity contribution in [2.45, 2.75) is 19.4 Å². The Morgan fingerprint density at radius 1 is 1.12 bits per heavy atom.